The number of aliphatic imine (C=N–C) groups is 1. The largest absolute Gasteiger partial charge is 0.494 e. The summed E-state index contributed by atoms with van der Waals surface area (Å²) in [5.41, 5.74) is 3.10. The zero-order valence-corrected chi connectivity index (χ0v) is 15.6. The van der Waals surface area contributed by atoms with Crippen molar-refractivity contribution in [2.45, 2.75) is 13.8 Å². The maximum atomic E-state index is 13.0. The van der Waals surface area contributed by atoms with Crippen molar-refractivity contribution in [3.05, 3.63) is 93.9 Å². The number of pyridine rings is 2. The van der Waals surface area contributed by atoms with Gasteiger partial charge in [0.1, 0.15) is 5.82 Å². The molecule has 28 heavy (non-hydrogen) atoms. The molecule has 5 nitrogen and oxygen atoms in total. The first kappa shape index (κ1) is 17.7. The van der Waals surface area contributed by atoms with E-state index in [2.05, 4.69) is 9.98 Å². The van der Waals surface area contributed by atoms with E-state index in [9.17, 15) is 9.90 Å². The van der Waals surface area contributed by atoms with Crippen molar-refractivity contribution in [1.82, 2.24) is 9.55 Å². The van der Waals surface area contributed by atoms with E-state index in [-0.39, 0.29) is 11.4 Å². The van der Waals surface area contributed by atoms with Gasteiger partial charge in [-0.25, -0.2) is 9.55 Å². The number of benzene rings is 2. The van der Waals surface area contributed by atoms with Crippen LogP contribution in [0.2, 0.25) is 0 Å². The Morgan fingerprint density at radius 2 is 1.75 bits per heavy atom. The lowest BCUT2D eigenvalue weighted by Crippen LogP contribution is -2.20. The minimum Gasteiger partial charge on any atom is -0.494 e. The predicted molar refractivity (Wildman–Crippen MR) is 112 cm³/mol. The molecule has 0 aliphatic heterocycles. The van der Waals surface area contributed by atoms with Crippen LogP contribution in [0.4, 0.5) is 5.69 Å². The van der Waals surface area contributed by atoms with Crippen LogP contribution in [0.3, 0.4) is 0 Å². The van der Waals surface area contributed by atoms with Crippen molar-refractivity contribution in [3.8, 4) is 11.7 Å². The highest BCUT2D eigenvalue weighted by Gasteiger charge is 2.16. The van der Waals surface area contributed by atoms with E-state index >= 15 is 0 Å². The average Bonchev–Trinajstić information content (AvgIpc) is 2.71. The van der Waals surface area contributed by atoms with Gasteiger partial charge in [-0.3, -0.25) is 9.79 Å². The number of fused-ring (bicyclic) bond motifs is 1. The number of aromatic nitrogens is 2. The van der Waals surface area contributed by atoms with Crippen LogP contribution in [0, 0.1) is 13.8 Å². The molecule has 0 atom stereocenters. The molecular formula is C23H19N3O2. The summed E-state index contributed by atoms with van der Waals surface area (Å²) < 4.78 is 1.22. The maximum absolute atomic E-state index is 13.0. The number of hydrogen-bond acceptors (Lipinski definition) is 4. The quantitative estimate of drug-likeness (QED) is 0.542. The summed E-state index contributed by atoms with van der Waals surface area (Å²) >= 11 is 0. The second-order valence-electron chi connectivity index (χ2n) is 6.66. The van der Waals surface area contributed by atoms with Crippen LogP contribution < -0.4 is 5.56 Å². The molecule has 0 saturated heterocycles. The highest BCUT2D eigenvalue weighted by atomic mass is 16.3. The van der Waals surface area contributed by atoms with Crippen molar-refractivity contribution >= 4 is 22.7 Å². The summed E-state index contributed by atoms with van der Waals surface area (Å²) in [5.74, 6) is 0.175. The molecule has 0 spiro atoms. The predicted octanol–water partition coefficient (Wildman–Crippen LogP) is 4.46. The van der Waals surface area contributed by atoms with Crippen molar-refractivity contribution in [1.29, 1.82) is 0 Å². The van der Waals surface area contributed by atoms with E-state index in [0.29, 0.717) is 22.2 Å². The molecule has 0 amide bonds. The van der Waals surface area contributed by atoms with Crippen LogP contribution in [0.5, 0.6) is 5.88 Å². The van der Waals surface area contributed by atoms with Gasteiger partial charge in [-0.1, -0.05) is 36.4 Å². The molecule has 1 N–H and O–H groups in total. The number of aromatic hydroxyl groups is 1. The molecule has 0 saturated carbocycles. The molecule has 0 unspecified atom stereocenters. The molecule has 138 valence electrons. The van der Waals surface area contributed by atoms with Crippen LogP contribution in [-0.4, -0.2) is 20.9 Å². The molecule has 4 aromatic rings. The Hall–Kier alpha value is -3.73. The van der Waals surface area contributed by atoms with Gasteiger partial charge in [0.2, 0.25) is 5.88 Å². The number of rotatable bonds is 3. The third kappa shape index (κ3) is 3.07. The maximum Gasteiger partial charge on any atom is 0.267 e. The SMILES string of the molecule is Cc1ccc(C)c(N=Cc2c(O)n(-c3ccccn3)c(=O)c3ccccc23)c1. The standard InChI is InChI=1S/C23H19N3O2/c1-15-10-11-16(2)20(13-15)25-14-19-17-7-3-4-8-18(17)22(27)26(23(19)28)21-9-5-6-12-24-21/h3-14,28H,1-2H3. The Balaban J connectivity index is 1.99. The summed E-state index contributed by atoms with van der Waals surface area (Å²) in [6.07, 6.45) is 3.19. The molecule has 2 heterocycles. The third-order valence-electron chi connectivity index (χ3n) is 4.68. The van der Waals surface area contributed by atoms with Gasteiger partial charge in [0, 0.05) is 23.2 Å². The topological polar surface area (TPSA) is 67.5 Å². The molecule has 0 aliphatic carbocycles. The molecule has 5 heteroatoms. The normalized spacial score (nSPS) is 11.4. The molecule has 2 aromatic heterocycles. The van der Waals surface area contributed by atoms with Crippen LogP contribution in [0.1, 0.15) is 16.7 Å². The second-order valence-corrected chi connectivity index (χ2v) is 6.66. The lowest BCUT2D eigenvalue weighted by atomic mass is 10.1. The number of aryl methyl sites for hydroxylation is 2. The van der Waals surface area contributed by atoms with E-state index in [1.165, 1.54) is 4.57 Å². The lowest BCUT2D eigenvalue weighted by Gasteiger charge is -2.13. The fourth-order valence-corrected chi connectivity index (χ4v) is 3.18. The first-order valence-electron chi connectivity index (χ1n) is 8.95. The van der Waals surface area contributed by atoms with E-state index in [0.717, 1.165) is 16.8 Å². The van der Waals surface area contributed by atoms with Crippen molar-refractivity contribution < 1.29 is 5.11 Å². The Labute approximate surface area is 162 Å². The van der Waals surface area contributed by atoms with E-state index in [1.807, 2.05) is 44.2 Å². The Bertz CT molecular complexity index is 1260. The average molecular weight is 369 g/mol. The fraction of sp³-hybridized carbons (Fsp3) is 0.0870. The minimum absolute atomic E-state index is 0.184. The third-order valence-corrected chi connectivity index (χ3v) is 4.68. The minimum atomic E-state index is -0.323. The first-order chi connectivity index (χ1) is 13.6. The van der Waals surface area contributed by atoms with Gasteiger partial charge in [-0.05, 0) is 49.2 Å². The zero-order chi connectivity index (χ0) is 19.7. The van der Waals surface area contributed by atoms with Gasteiger partial charge in [-0.2, -0.15) is 0 Å². The molecule has 0 aliphatic rings. The Morgan fingerprint density at radius 3 is 2.50 bits per heavy atom. The van der Waals surface area contributed by atoms with Gasteiger partial charge < -0.3 is 5.11 Å². The molecular weight excluding hydrogens is 350 g/mol. The molecule has 2 aromatic carbocycles. The van der Waals surface area contributed by atoms with Crippen molar-refractivity contribution in [2.75, 3.05) is 0 Å². The summed E-state index contributed by atoms with van der Waals surface area (Å²) in [6, 6.07) is 18.4. The molecule has 4 rings (SSSR count). The first-order valence-corrected chi connectivity index (χ1v) is 8.95. The van der Waals surface area contributed by atoms with Crippen LogP contribution in [-0.2, 0) is 0 Å². The van der Waals surface area contributed by atoms with Gasteiger partial charge in [0.25, 0.3) is 5.56 Å². The second kappa shape index (κ2) is 7.12. The summed E-state index contributed by atoms with van der Waals surface area (Å²) in [4.78, 5) is 21.8. The molecule has 0 fully saturated rings. The Kier molecular flexibility index (Phi) is 4.49. The Morgan fingerprint density at radius 1 is 1.00 bits per heavy atom. The van der Waals surface area contributed by atoms with E-state index in [4.69, 9.17) is 0 Å². The smallest absolute Gasteiger partial charge is 0.267 e. The number of hydrogen-bond donors (Lipinski definition) is 1. The van der Waals surface area contributed by atoms with Crippen molar-refractivity contribution in [3.63, 3.8) is 0 Å². The van der Waals surface area contributed by atoms with Crippen molar-refractivity contribution in [2.24, 2.45) is 4.99 Å². The van der Waals surface area contributed by atoms with Crippen LogP contribution in [0.15, 0.2) is 76.6 Å². The summed E-state index contributed by atoms with van der Waals surface area (Å²) in [7, 11) is 0. The van der Waals surface area contributed by atoms with Gasteiger partial charge in [0.15, 0.2) is 0 Å². The highest BCUT2D eigenvalue weighted by molar-refractivity contribution is 6.02. The highest BCUT2D eigenvalue weighted by Crippen LogP contribution is 2.27. The van der Waals surface area contributed by atoms with Gasteiger partial charge in [-0.15, -0.1) is 0 Å². The lowest BCUT2D eigenvalue weighted by molar-refractivity contribution is 0.435. The monoisotopic (exact) mass is 369 g/mol. The van der Waals surface area contributed by atoms with Gasteiger partial charge >= 0.3 is 0 Å². The van der Waals surface area contributed by atoms with E-state index < -0.39 is 0 Å². The van der Waals surface area contributed by atoms with E-state index in [1.54, 1.807) is 42.7 Å². The van der Waals surface area contributed by atoms with Crippen LogP contribution >= 0.6 is 0 Å². The van der Waals surface area contributed by atoms with Crippen LogP contribution in [0.25, 0.3) is 16.6 Å². The van der Waals surface area contributed by atoms with Gasteiger partial charge in [0.05, 0.1) is 11.3 Å². The molecule has 0 bridgehead atoms. The number of nitrogens with zero attached hydrogens (tertiary/aromatic N) is 3. The fourth-order valence-electron chi connectivity index (χ4n) is 3.18. The molecule has 0 radical (unpaired) electrons. The summed E-state index contributed by atoms with van der Waals surface area (Å²) in [5, 5.41) is 12.1. The zero-order valence-electron chi connectivity index (χ0n) is 15.6. The summed E-state index contributed by atoms with van der Waals surface area (Å²) in [6.45, 7) is 3.99.